The molecule has 0 radical (unpaired) electrons. The van der Waals surface area contributed by atoms with Crippen LogP contribution in [0.4, 0.5) is 0 Å². The predicted molar refractivity (Wildman–Crippen MR) is 73.2 cm³/mol. The van der Waals surface area contributed by atoms with Crippen molar-refractivity contribution >= 4 is 10.0 Å². The van der Waals surface area contributed by atoms with Gasteiger partial charge in [-0.2, -0.15) is 4.31 Å². The molecule has 1 aliphatic rings. The second-order valence-electron chi connectivity index (χ2n) is 4.77. The number of aromatic nitrogens is 1. The number of aryl methyl sites for hydroxylation is 1. The summed E-state index contributed by atoms with van der Waals surface area (Å²) in [5, 5.41) is 9.23. The van der Waals surface area contributed by atoms with Crippen LogP contribution in [0.2, 0.25) is 0 Å². The maximum absolute atomic E-state index is 12.5. The van der Waals surface area contributed by atoms with Crippen LogP contribution in [0.1, 0.15) is 26.0 Å². The molecular formula is C13H20N2O3S. The van der Waals surface area contributed by atoms with Gasteiger partial charge in [-0.3, -0.25) is 0 Å². The number of aliphatic hydroxyl groups excluding tert-OH is 1. The van der Waals surface area contributed by atoms with Gasteiger partial charge in [-0.25, -0.2) is 8.42 Å². The van der Waals surface area contributed by atoms with Gasteiger partial charge in [0.2, 0.25) is 10.0 Å². The summed E-state index contributed by atoms with van der Waals surface area (Å²) in [6.45, 7) is 5.38. The second-order valence-corrected chi connectivity index (χ2v) is 6.71. The Morgan fingerprint density at radius 1 is 1.42 bits per heavy atom. The van der Waals surface area contributed by atoms with Gasteiger partial charge in [-0.05, 0) is 26.3 Å². The van der Waals surface area contributed by atoms with E-state index in [4.69, 9.17) is 0 Å². The zero-order chi connectivity index (χ0) is 14.0. The molecule has 0 unspecified atom stereocenters. The summed E-state index contributed by atoms with van der Waals surface area (Å²) < 4.78 is 28.2. The van der Waals surface area contributed by atoms with E-state index in [1.165, 1.54) is 9.88 Å². The van der Waals surface area contributed by atoms with Crippen LogP contribution >= 0.6 is 0 Å². The summed E-state index contributed by atoms with van der Waals surface area (Å²) in [5.41, 5.74) is 1.86. The first kappa shape index (κ1) is 14.3. The lowest BCUT2D eigenvalue weighted by Crippen LogP contribution is -2.34. The normalized spacial score (nSPS) is 17.5. The molecule has 1 aromatic rings. The Hall–Kier alpha value is -1.11. The first-order chi connectivity index (χ1) is 8.98. The minimum Gasteiger partial charge on any atom is -0.390 e. The third kappa shape index (κ3) is 2.75. The Morgan fingerprint density at radius 2 is 2.16 bits per heavy atom. The monoisotopic (exact) mass is 284 g/mol. The number of rotatable bonds is 4. The number of sulfonamides is 1. The summed E-state index contributed by atoms with van der Waals surface area (Å²) in [7, 11) is -3.45. The van der Waals surface area contributed by atoms with Gasteiger partial charge >= 0.3 is 0 Å². The average Bonchev–Trinajstić information content (AvgIpc) is 2.83. The van der Waals surface area contributed by atoms with Crippen molar-refractivity contribution < 1.29 is 13.5 Å². The van der Waals surface area contributed by atoms with Crippen molar-refractivity contribution in [2.45, 2.75) is 38.3 Å². The topological polar surface area (TPSA) is 62.5 Å². The Kier molecular flexibility index (Phi) is 4.13. The van der Waals surface area contributed by atoms with Crippen LogP contribution in [0, 0.1) is 0 Å². The van der Waals surface area contributed by atoms with Gasteiger partial charge in [0, 0.05) is 31.5 Å². The molecular weight excluding hydrogens is 264 g/mol. The molecule has 0 aromatic carbocycles. The van der Waals surface area contributed by atoms with Crippen molar-refractivity contribution in [2.24, 2.45) is 0 Å². The van der Waals surface area contributed by atoms with Crippen molar-refractivity contribution in [2.75, 3.05) is 13.1 Å². The molecule has 0 spiro atoms. The van der Waals surface area contributed by atoms with E-state index in [0.29, 0.717) is 25.3 Å². The van der Waals surface area contributed by atoms with Gasteiger partial charge in [0.1, 0.15) is 4.90 Å². The van der Waals surface area contributed by atoms with E-state index in [-0.39, 0.29) is 11.5 Å². The lowest BCUT2D eigenvalue weighted by molar-refractivity contribution is 0.271. The minimum absolute atomic E-state index is 0.150. The first-order valence-electron chi connectivity index (χ1n) is 6.44. The molecule has 1 aromatic heterocycles. The Labute approximate surface area is 114 Å². The van der Waals surface area contributed by atoms with Crippen LogP contribution in [0.5, 0.6) is 0 Å². The molecule has 0 fully saturated rings. The largest absolute Gasteiger partial charge is 0.390 e. The minimum atomic E-state index is -3.45. The predicted octanol–water partition coefficient (Wildman–Crippen LogP) is 1.34. The van der Waals surface area contributed by atoms with Crippen LogP contribution in [-0.4, -0.2) is 35.5 Å². The summed E-state index contributed by atoms with van der Waals surface area (Å²) in [6.07, 6.45) is 4.33. The van der Waals surface area contributed by atoms with Crippen molar-refractivity contribution in [1.29, 1.82) is 0 Å². The molecule has 1 N–H and O–H groups in total. The van der Waals surface area contributed by atoms with Gasteiger partial charge in [0.25, 0.3) is 0 Å². The smallest absolute Gasteiger partial charge is 0.244 e. The van der Waals surface area contributed by atoms with E-state index < -0.39 is 10.0 Å². The molecule has 0 bridgehead atoms. The van der Waals surface area contributed by atoms with E-state index in [1.54, 1.807) is 16.8 Å². The lowest BCUT2D eigenvalue weighted by Gasteiger charge is -2.24. The van der Waals surface area contributed by atoms with E-state index in [9.17, 15) is 13.5 Å². The van der Waals surface area contributed by atoms with E-state index in [2.05, 4.69) is 0 Å². The molecule has 0 atom stereocenters. The van der Waals surface area contributed by atoms with Gasteiger partial charge in [0.15, 0.2) is 0 Å². The Morgan fingerprint density at radius 3 is 2.63 bits per heavy atom. The second kappa shape index (κ2) is 5.48. The fourth-order valence-corrected chi connectivity index (χ4v) is 3.66. The van der Waals surface area contributed by atoms with Gasteiger partial charge in [0.05, 0.1) is 6.61 Å². The molecule has 1 aliphatic heterocycles. The first-order valence-corrected chi connectivity index (χ1v) is 7.88. The summed E-state index contributed by atoms with van der Waals surface area (Å²) in [5.74, 6) is 0. The maximum atomic E-state index is 12.5. The highest BCUT2D eigenvalue weighted by Crippen LogP contribution is 2.22. The molecule has 2 rings (SSSR count). The molecule has 19 heavy (non-hydrogen) atoms. The molecule has 2 heterocycles. The number of aliphatic hydroxyl groups is 1. The van der Waals surface area contributed by atoms with Crippen molar-refractivity contribution in [3.05, 3.63) is 29.6 Å². The van der Waals surface area contributed by atoms with E-state index >= 15 is 0 Å². The zero-order valence-corrected chi connectivity index (χ0v) is 12.2. The third-order valence-corrected chi connectivity index (χ3v) is 5.33. The fourth-order valence-electron chi connectivity index (χ4n) is 2.21. The number of hydrogen-bond acceptors (Lipinski definition) is 3. The molecule has 5 nitrogen and oxygen atoms in total. The SMILES string of the molecule is CCn1cc(S(=O)(=O)N2CC=C(C)CC2)cc1CO. The molecule has 0 aliphatic carbocycles. The molecule has 6 heteroatoms. The average molecular weight is 284 g/mol. The molecule has 106 valence electrons. The summed E-state index contributed by atoms with van der Waals surface area (Å²) in [4.78, 5) is 0.270. The maximum Gasteiger partial charge on any atom is 0.244 e. The van der Waals surface area contributed by atoms with Crippen LogP contribution < -0.4 is 0 Å². The van der Waals surface area contributed by atoms with Crippen LogP contribution in [-0.2, 0) is 23.2 Å². The van der Waals surface area contributed by atoms with Crippen molar-refractivity contribution in [3.8, 4) is 0 Å². The standard InChI is InChI=1S/C13H20N2O3S/c1-3-14-9-13(8-12(14)10-16)19(17,18)15-6-4-11(2)5-7-15/h4,8-9,16H,3,5-7,10H2,1-2H3. The number of hydrogen-bond donors (Lipinski definition) is 1. The Balaban J connectivity index is 2.32. The van der Waals surface area contributed by atoms with Gasteiger partial charge in [-0.15, -0.1) is 0 Å². The third-order valence-electron chi connectivity index (χ3n) is 3.50. The van der Waals surface area contributed by atoms with Gasteiger partial charge in [-0.1, -0.05) is 11.6 Å². The van der Waals surface area contributed by atoms with Crippen LogP contribution in [0.25, 0.3) is 0 Å². The molecule has 0 saturated carbocycles. The molecule has 0 saturated heterocycles. The van der Waals surface area contributed by atoms with Crippen LogP contribution in [0.15, 0.2) is 28.8 Å². The lowest BCUT2D eigenvalue weighted by atomic mass is 10.1. The van der Waals surface area contributed by atoms with Gasteiger partial charge < -0.3 is 9.67 Å². The number of nitrogens with zero attached hydrogens (tertiary/aromatic N) is 2. The summed E-state index contributed by atoms with van der Waals surface area (Å²) in [6, 6.07) is 1.56. The van der Waals surface area contributed by atoms with Crippen LogP contribution in [0.3, 0.4) is 0 Å². The van der Waals surface area contributed by atoms with Crippen molar-refractivity contribution in [1.82, 2.24) is 8.87 Å². The Bertz CT molecular complexity index is 566. The van der Waals surface area contributed by atoms with E-state index in [0.717, 1.165) is 6.42 Å². The quantitative estimate of drug-likeness (QED) is 0.849. The van der Waals surface area contributed by atoms with E-state index in [1.807, 2.05) is 19.9 Å². The zero-order valence-electron chi connectivity index (χ0n) is 11.3. The van der Waals surface area contributed by atoms with Crippen molar-refractivity contribution in [3.63, 3.8) is 0 Å². The highest BCUT2D eigenvalue weighted by molar-refractivity contribution is 7.89. The highest BCUT2D eigenvalue weighted by atomic mass is 32.2. The fraction of sp³-hybridized carbons (Fsp3) is 0.538. The highest BCUT2D eigenvalue weighted by Gasteiger charge is 2.27. The molecule has 0 amide bonds. The summed E-state index contributed by atoms with van der Waals surface area (Å²) >= 11 is 0.